The van der Waals surface area contributed by atoms with Crippen LogP contribution < -0.4 is 5.73 Å². The minimum absolute atomic E-state index is 0.0362. The number of carboxylic acid groups (broad SMARTS) is 2. The SMILES string of the molecule is Cc1nc2c(C(=O)O)cc(-c3ccnc(F)c3F)cc2n1-c1ccnc2c(F)ccc(F)c12.Cc1nc2c(C(=O)O)cc(-c3ccnc(N)c3F)cc2n1-c1ccnc2c(F)ccc(F)c12. The van der Waals surface area contributed by atoms with Gasteiger partial charge in [-0.2, -0.15) is 4.39 Å². The first kappa shape index (κ1) is 42.5. The summed E-state index contributed by atoms with van der Waals surface area (Å²) in [4.78, 5) is 47.4. The average Bonchev–Trinajstić information content (AvgIpc) is 3.81. The molecule has 0 aliphatic carbocycles. The van der Waals surface area contributed by atoms with Gasteiger partial charge >= 0.3 is 11.9 Å². The summed E-state index contributed by atoms with van der Waals surface area (Å²) < 4.78 is 104. The van der Waals surface area contributed by atoms with Crippen LogP contribution in [0.2, 0.25) is 0 Å². The van der Waals surface area contributed by atoms with Gasteiger partial charge in [0.15, 0.2) is 17.5 Å². The van der Waals surface area contributed by atoms with E-state index in [1.165, 1.54) is 76.3 Å². The van der Waals surface area contributed by atoms with Crippen molar-refractivity contribution in [2.24, 2.45) is 0 Å². The maximum absolute atomic E-state index is 14.8. The number of rotatable bonds is 6. The second kappa shape index (κ2) is 16.1. The molecule has 0 saturated carbocycles. The summed E-state index contributed by atoms with van der Waals surface area (Å²) in [7, 11) is 0. The van der Waals surface area contributed by atoms with Gasteiger partial charge in [-0.25, -0.2) is 55.9 Å². The van der Waals surface area contributed by atoms with E-state index < -0.39 is 52.8 Å². The molecule has 20 heteroatoms. The lowest BCUT2D eigenvalue weighted by Crippen LogP contribution is -2.03. The van der Waals surface area contributed by atoms with Gasteiger partial charge in [-0.3, -0.25) is 19.1 Å². The molecular weight excluding hydrogens is 876 g/mol. The van der Waals surface area contributed by atoms with Crippen LogP contribution in [0.1, 0.15) is 32.4 Å². The number of nitrogens with two attached hydrogens (primary N) is 1. The van der Waals surface area contributed by atoms with Crippen LogP contribution in [0, 0.1) is 54.7 Å². The van der Waals surface area contributed by atoms with E-state index in [1.807, 2.05) is 0 Å². The molecule has 4 aromatic carbocycles. The number of carbonyl (C=O) groups is 2. The van der Waals surface area contributed by atoms with E-state index in [1.54, 1.807) is 13.8 Å². The van der Waals surface area contributed by atoms with E-state index in [2.05, 4.69) is 29.9 Å². The molecule has 0 fully saturated rings. The molecule has 10 rings (SSSR count). The number of imidazole rings is 2. The second-order valence-corrected chi connectivity index (χ2v) is 14.6. The highest BCUT2D eigenvalue weighted by atomic mass is 19.2. The number of hydrogen-bond acceptors (Lipinski definition) is 9. The van der Waals surface area contributed by atoms with Crippen LogP contribution in [0.3, 0.4) is 0 Å². The van der Waals surface area contributed by atoms with Gasteiger partial charge in [-0.05, 0) is 97.8 Å². The van der Waals surface area contributed by atoms with E-state index in [4.69, 9.17) is 5.73 Å². The minimum atomic E-state index is -1.35. The van der Waals surface area contributed by atoms with Crippen LogP contribution >= 0.6 is 0 Å². The Labute approximate surface area is 364 Å². The quantitative estimate of drug-likeness (QED) is 0.106. The molecule has 0 radical (unpaired) electrons. The van der Waals surface area contributed by atoms with Crippen molar-refractivity contribution >= 4 is 61.6 Å². The number of aryl methyl sites for hydroxylation is 2. The fourth-order valence-electron chi connectivity index (χ4n) is 7.88. The molecule has 0 atom stereocenters. The van der Waals surface area contributed by atoms with E-state index in [-0.39, 0.29) is 100 Å². The van der Waals surface area contributed by atoms with Crippen molar-refractivity contribution in [2.45, 2.75) is 13.8 Å². The van der Waals surface area contributed by atoms with Gasteiger partial charge in [0.05, 0.1) is 44.3 Å². The first-order valence-electron chi connectivity index (χ1n) is 19.2. The van der Waals surface area contributed by atoms with Crippen LogP contribution in [-0.4, -0.2) is 61.2 Å². The molecule has 0 aliphatic heterocycles. The lowest BCUT2D eigenvalue weighted by Gasteiger charge is -2.13. The number of nitrogens with zero attached hydrogens (tertiary/aromatic N) is 8. The van der Waals surface area contributed by atoms with Crippen LogP contribution in [0.5, 0.6) is 0 Å². The Morgan fingerprint density at radius 3 is 1.38 bits per heavy atom. The first-order chi connectivity index (χ1) is 31.5. The molecule has 0 bridgehead atoms. The second-order valence-electron chi connectivity index (χ2n) is 14.6. The monoisotopic (exact) mass is 901 g/mol. The standard InChI is InChI=1S/C23H12F4N4O2.C23H14F3N5O2/c2*1-10-30-20-13(23(32)33)8-11(12-4-6-29-22(27)19(12)26)9-17(20)31(10)16-5-7-28-21-15(25)3-2-14(24)18(16)21/h2-9H,1H3,(H,32,33);2-9H,1H3,(H2,27,29)(H,32,33). The topological polar surface area (TPSA) is 188 Å². The molecule has 328 valence electrons. The Bertz CT molecular complexity index is 3470. The van der Waals surface area contributed by atoms with Crippen molar-refractivity contribution in [1.29, 1.82) is 0 Å². The third kappa shape index (κ3) is 6.91. The number of pyridine rings is 4. The number of nitrogen functional groups attached to an aromatic ring is 1. The molecule has 4 N–H and O–H groups in total. The van der Waals surface area contributed by atoms with E-state index in [0.29, 0.717) is 5.82 Å². The molecule has 0 saturated heterocycles. The van der Waals surface area contributed by atoms with E-state index in [0.717, 1.165) is 30.5 Å². The molecule has 10 aromatic rings. The average molecular weight is 902 g/mol. The number of aromatic carboxylic acids is 2. The first-order valence-corrected chi connectivity index (χ1v) is 19.2. The van der Waals surface area contributed by atoms with Crippen LogP contribution in [0.4, 0.5) is 36.6 Å². The van der Waals surface area contributed by atoms with Crippen molar-refractivity contribution in [3.05, 3.63) is 161 Å². The van der Waals surface area contributed by atoms with Crippen LogP contribution in [0.25, 0.3) is 77.5 Å². The Balaban J connectivity index is 0.000000166. The van der Waals surface area contributed by atoms with Crippen molar-refractivity contribution in [2.75, 3.05) is 5.73 Å². The molecule has 0 aliphatic rings. The third-order valence-corrected chi connectivity index (χ3v) is 10.7. The molecule has 66 heavy (non-hydrogen) atoms. The smallest absolute Gasteiger partial charge is 0.337 e. The molecule has 0 amide bonds. The highest BCUT2D eigenvalue weighted by Gasteiger charge is 2.25. The molecule has 6 aromatic heterocycles. The lowest BCUT2D eigenvalue weighted by molar-refractivity contribution is 0.0688. The van der Waals surface area contributed by atoms with Gasteiger partial charge in [0, 0.05) is 35.9 Å². The Morgan fingerprint density at radius 1 is 0.515 bits per heavy atom. The maximum Gasteiger partial charge on any atom is 0.337 e. The van der Waals surface area contributed by atoms with Gasteiger partial charge in [0.2, 0.25) is 5.95 Å². The summed E-state index contributed by atoms with van der Waals surface area (Å²) in [6.45, 7) is 3.15. The number of aromatic nitrogens is 8. The minimum Gasteiger partial charge on any atom is -0.478 e. The van der Waals surface area contributed by atoms with Crippen LogP contribution in [0.15, 0.2) is 97.6 Å². The zero-order chi connectivity index (χ0) is 46.9. The third-order valence-electron chi connectivity index (χ3n) is 10.7. The van der Waals surface area contributed by atoms with Crippen molar-refractivity contribution in [3.8, 4) is 33.6 Å². The van der Waals surface area contributed by atoms with Gasteiger partial charge in [-0.1, -0.05) is 0 Å². The predicted octanol–water partition coefficient (Wildman–Crippen LogP) is 9.84. The summed E-state index contributed by atoms with van der Waals surface area (Å²) in [5.74, 6) is -8.70. The molecule has 0 unspecified atom stereocenters. The molecular formula is C46H26F7N9O4. The van der Waals surface area contributed by atoms with E-state index in [9.17, 15) is 50.5 Å². The zero-order valence-corrected chi connectivity index (χ0v) is 33.7. The highest BCUT2D eigenvalue weighted by Crippen LogP contribution is 2.37. The fraction of sp³-hybridized carbons (Fsp3) is 0.0435. The van der Waals surface area contributed by atoms with Crippen molar-refractivity contribution in [3.63, 3.8) is 0 Å². The van der Waals surface area contributed by atoms with Gasteiger partial charge in [-0.15, -0.1) is 0 Å². The zero-order valence-electron chi connectivity index (χ0n) is 33.7. The predicted molar refractivity (Wildman–Crippen MR) is 227 cm³/mol. The molecule has 13 nitrogen and oxygen atoms in total. The highest BCUT2D eigenvalue weighted by molar-refractivity contribution is 6.06. The number of carboxylic acids is 2. The summed E-state index contributed by atoms with van der Waals surface area (Å²) in [5, 5.41) is 19.3. The van der Waals surface area contributed by atoms with Crippen molar-refractivity contribution in [1.82, 2.24) is 39.0 Å². The summed E-state index contributed by atoms with van der Waals surface area (Å²) in [5.41, 5.74) is 5.74. The Kier molecular flexibility index (Phi) is 10.3. The number of fused-ring (bicyclic) bond motifs is 4. The number of halogens is 7. The van der Waals surface area contributed by atoms with Gasteiger partial charge < -0.3 is 15.9 Å². The number of anilines is 1. The molecule has 0 spiro atoms. The van der Waals surface area contributed by atoms with E-state index >= 15 is 0 Å². The molecule has 6 heterocycles. The van der Waals surface area contributed by atoms with Crippen molar-refractivity contribution < 1.29 is 50.5 Å². The normalized spacial score (nSPS) is 11.4. The summed E-state index contributed by atoms with van der Waals surface area (Å²) in [6.07, 6.45) is 4.95. The fourth-order valence-corrected chi connectivity index (χ4v) is 7.88. The summed E-state index contributed by atoms with van der Waals surface area (Å²) in [6, 6.07) is 14.7. The van der Waals surface area contributed by atoms with Gasteiger partial charge in [0.1, 0.15) is 57.0 Å². The summed E-state index contributed by atoms with van der Waals surface area (Å²) >= 11 is 0. The number of hydrogen-bond donors (Lipinski definition) is 3. The van der Waals surface area contributed by atoms with Gasteiger partial charge in [0.25, 0.3) is 0 Å². The largest absolute Gasteiger partial charge is 0.478 e. The van der Waals surface area contributed by atoms with Crippen LogP contribution in [-0.2, 0) is 0 Å². The maximum atomic E-state index is 14.8. The Morgan fingerprint density at radius 2 is 0.924 bits per heavy atom. The lowest BCUT2D eigenvalue weighted by atomic mass is 10.0. The number of benzene rings is 4. The Hall–Kier alpha value is -8.81.